The summed E-state index contributed by atoms with van der Waals surface area (Å²) in [6, 6.07) is 72.9. The van der Waals surface area contributed by atoms with Gasteiger partial charge in [-0.3, -0.25) is 0 Å². The smallest absolute Gasteiger partial charge is 0.143 e. The molecule has 0 aliphatic rings. The highest BCUT2D eigenvalue weighted by Gasteiger charge is 2.19. The van der Waals surface area contributed by atoms with Crippen LogP contribution in [0.4, 0.5) is 21.5 Å². The van der Waals surface area contributed by atoms with E-state index in [9.17, 15) is 4.39 Å². The summed E-state index contributed by atoms with van der Waals surface area (Å²) in [5.74, 6) is -0.261. The molecule has 0 bridgehead atoms. The van der Waals surface area contributed by atoms with Crippen LogP contribution in [0.25, 0.3) is 82.8 Å². The number of halogens is 1. The maximum Gasteiger partial charge on any atom is 0.143 e. The van der Waals surface area contributed by atoms with Gasteiger partial charge in [0.25, 0.3) is 0 Å². The van der Waals surface area contributed by atoms with Gasteiger partial charge in [-0.05, 0) is 89.0 Å². The van der Waals surface area contributed by atoms with Gasteiger partial charge in [-0.25, -0.2) is 4.39 Å². The molecule has 0 N–H and O–H groups in total. The lowest BCUT2D eigenvalue weighted by molar-refractivity contribution is 0.629. The fraction of sp³-hybridized carbons (Fsp3) is 0. The zero-order chi connectivity index (χ0) is 38.6. The van der Waals surface area contributed by atoms with Gasteiger partial charge in [0.2, 0.25) is 0 Å². The highest BCUT2D eigenvalue weighted by atomic mass is 19.1. The van der Waals surface area contributed by atoms with E-state index < -0.39 is 0 Å². The largest absolute Gasteiger partial charge is 0.455 e. The normalized spacial score (nSPS) is 11.5. The summed E-state index contributed by atoms with van der Waals surface area (Å²) in [4.78, 5) is 2.28. The second kappa shape index (κ2) is 13.8. The summed E-state index contributed by atoms with van der Waals surface area (Å²) in [5.41, 5.74) is 14.2. The number of hydrogen-bond acceptors (Lipinski definition) is 2. The van der Waals surface area contributed by atoms with Crippen LogP contribution in [0.5, 0.6) is 0 Å². The van der Waals surface area contributed by atoms with Crippen LogP contribution in [0, 0.1) is 5.82 Å². The van der Waals surface area contributed by atoms with Crippen molar-refractivity contribution in [2.24, 2.45) is 0 Å². The third kappa shape index (κ3) is 5.65. The predicted octanol–water partition coefficient (Wildman–Crippen LogP) is 15.3. The van der Waals surface area contributed by atoms with E-state index in [-0.39, 0.29) is 5.82 Å². The Labute approximate surface area is 335 Å². The van der Waals surface area contributed by atoms with Gasteiger partial charge in [-0.2, -0.15) is 0 Å². The number of rotatable bonds is 7. The van der Waals surface area contributed by atoms with Gasteiger partial charge in [0.15, 0.2) is 0 Å². The van der Waals surface area contributed by atoms with Crippen LogP contribution in [0.15, 0.2) is 217 Å². The number of fused-ring (bicyclic) bond motifs is 6. The Morgan fingerprint density at radius 2 is 0.879 bits per heavy atom. The van der Waals surface area contributed by atoms with E-state index in [0.29, 0.717) is 0 Å². The Morgan fingerprint density at radius 1 is 0.362 bits per heavy atom. The topological polar surface area (TPSA) is 21.3 Å². The predicted molar refractivity (Wildman–Crippen MR) is 239 cm³/mol. The van der Waals surface area contributed by atoms with Crippen LogP contribution in [0.1, 0.15) is 0 Å². The number of anilines is 3. The summed E-state index contributed by atoms with van der Waals surface area (Å²) in [7, 11) is 0. The average molecular weight is 747 g/mol. The number of benzene rings is 9. The van der Waals surface area contributed by atoms with Crippen molar-refractivity contribution in [2.45, 2.75) is 0 Å². The minimum Gasteiger partial charge on any atom is -0.455 e. The minimum absolute atomic E-state index is 0.261. The zero-order valence-corrected chi connectivity index (χ0v) is 31.4. The summed E-state index contributed by atoms with van der Waals surface area (Å²) >= 11 is 0. The summed E-state index contributed by atoms with van der Waals surface area (Å²) in [5, 5.41) is 4.30. The highest BCUT2D eigenvalue weighted by Crippen LogP contribution is 2.42. The van der Waals surface area contributed by atoms with Crippen molar-refractivity contribution in [3.63, 3.8) is 0 Å². The van der Waals surface area contributed by atoms with E-state index in [1.165, 1.54) is 11.6 Å². The number of nitrogens with zero attached hydrogens (tertiary/aromatic N) is 2. The molecule has 0 unspecified atom stereocenters. The van der Waals surface area contributed by atoms with Gasteiger partial charge in [0, 0.05) is 55.4 Å². The molecule has 0 spiro atoms. The van der Waals surface area contributed by atoms with Crippen molar-refractivity contribution in [3.8, 4) is 39.1 Å². The van der Waals surface area contributed by atoms with Crippen molar-refractivity contribution < 1.29 is 8.81 Å². The van der Waals surface area contributed by atoms with Crippen molar-refractivity contribution in [3.05, 3.63) is 218 Å². The van der Waals surface area contributed by atoms with E-state index >= 15 is 0 Å². The van der Waals surface area contributed by atoms with E-state index in [1.54, 1.807) is 6.07 Å². The molecule has 4 heteroatoms. The molecule has 0 aliphatic carbocycles. The van der Waals surface area contributed by atoms with Crippen molar-refractivity contribution in [2.75, 3.05) is 4.90 Å². The Hall–Kier alpha value is -7.69. The lowest BCUT2D eigenvalue weighted by atomic mass is 10.00. The molecule has 0 saturated heterocycles. The number of para-hydroxylation sites is 3. The second-order valence-electron chi connectivity index (χ2n) is 14.7. The highest BCUT2D eigenvalue weighted by molar-refractivity contribution is 6.13. The van der Waals surface area contributed by atoms with Crippen LogP contribution in [0.2, 0.25) is 0 Å². The molecule has 0 amide bonds. The third-order valence-corrected chi connectivity index (χ3v) is 11.3. The summed E-state index contributed by atoms with van der Waals surface area (Å²) in [6.07, 6.45) is 0. The SMILES string of the molecule is Fc1ccc2c3ccccc3n(-c3cccc(N(c4ccc(-c5ccccc5)cc4)c4ccc(-c5cccc6c5oc5c(-c7ccccc7)cccc56)cc4)c3)c2c1. The molecule has 9 aromatic carbocycles. The van der Waals surface area contributed by atoms with Crippen molar-refractivity contribution in [1.82, 2.24) is 4.57 Å². The molecule has 58 heavy (non-hydrogen) atoms. The Balaban J connectivity index is 1.04. The van der Waals surface area contributed by atoms with Crippen LogP contribution >= 0.6 is 0 Å². The fourth-order valence-corrected chi connectivity index (χ4v) is 8.56. The molecular weight excluding hydrogens is 712 g/mol. The first-order valence-corrected chi connectivity index (χ1v) is 19.5. The van der Waals surface area contributed by atoms with Gasteiger partial charge < -0.3 is 13.9 Å². The molecule has 2 aromatic heterocycles. The molecule has 11 rings (SSSR count). The summed E-state index contributed by atoms with van der Waals surface area (Å²) in [6.45, 7) is 0. The number of aromatic nitrogens is 1. The number of furan rings is 1. The molecule has 0 atom stereocenters. The minimum atomic E-state index is -0.261. The van der Waals surface area contributed by atoms with Gasteiger partial charge in [-0.15, -0.1) is 0 Å². The van der Waals surface area contributed by atoms with E-state index in [2.05, 4.69) is 179 Å². The molecule has 274 valence electrons. The molecule has 0 radical (unpaired) electrons. The molecular formula is C54H35FN2O. The lowest BCUT2D eigenvalue weighted by Crippen LogP contribution is -2.10. The first kappa shape index (κ1) is 33.6. The summed E-state index contributed by atoms with van der Waals surface area (Å²) < 4.78 is 23.8. The van der Waals surface area contributed by atoms with Crippen LogP contribution in [0.3, 0.4) is 0 Å². The lowest BCUT2D eigenvalue weighted by Gasteiger charge is -2.26. The third-order valence-electron chi connectivity index (χ3n) is 11.3. The maximum atomic E-state index is 14.8. The van der Waals surface area contributed by atoms with Gasteiger partial charge >= 0.3 is 0 Å². The van der Waals surface area contributed by atoms with Crippen molar-refractivity contribution in [1.29, 1.82) is 0 Å². The zero-order valence-electron chi connectivity index (χ0n) is 31.4. The maximum absolute atomic E-state index is 14.8. The van der Waals surface area contributed by atoms with Crippen LogP contribution < -0.4 is 4.90 Å². The fourth-order valence-electron chi connectivity index (χ4n) is 8.56. The van der Waals surface area contributed by atoms with Crippen LogP contribution in [-0.4, -0.2) is 4.57 Å². The van der Waals surface area contributed by atoms with Gasteiger partial charge in [-0.1, -0.05) is 146 Å². The first-order valence-electron chi connectivity index (χ1n) is 19.5. The first-order chi connectivity index (χ1) is 28.7. The second-order valence-corrected chi connectivity index (χ2v) is 14.7. The molecule has 2 heterocycles. The van der Waals surface area contributed by atoms with E-state index in [4.69, 9.17) is 4.42 Å². The van der Waals surface area contributed by atoms with Crippen molar-refractivity contribution >= 4 is 60.8 Å². The Bertz CT molecular complexity index is 3270. The van der Waals surface area contributed by atoms with E-state index in [0.717, 1.165) is 94.3 Å². The van der Waals surface area contributed by atoms with E-state index in [1.807, 2.05) is 30.3 Å². The standard InChI is InChI=1S/C54H35FN2O/c55-40-28-33-48-47-18-7-8-23-51(47)57(52(48)34-40)44-17-9-16-43(35-44)56(41-29-24-37(25-30-41)36-12-3-1-4-13-36)42-31-26-39(27-32-42)46-20-11-22-50-49-21-10-19-45(53(49)58-54(46)50)38-14-5-2-6-15-38/h1-35H. The Kier molecular flexibility index (Phi) is 8.00. The Morgan fingerprint density at radius 3 is 1.55 bits per heavy atom. The van der Waals surface area contributed by atoms with Gasteiger partial charge in [0.05, 0.1) is 11.0 Å². The van der Waals surface area contributed by atoms with Gasteiger partial charge in [0.1, 0.15) is 17.0 Å². The molecule has 0 fully saturated rings. The molecule has 3 nitrogen and oxygen atoms in total. The quantitative estimate of drug-likeness (QED) is 0.162. The van der Waals surface area contributed by atoms with Crippen LogP contribution in [-0.2, 0) is 0 Å². The molecule has 0 saturated carbocycles. The monoisotopic (exact) mass is 746 g/mol. The molecule has 0 aliphatic heterocycles. The number of hydrogen-bond donors (Lipinski definition) is 0. The average Bonchev–Trinajstić information content (AvgIpc) is 3.83. The molecule has 11 aromatic rings.